The quantitative estimate of drug-likeness (QED) is 0.895. The molecule has 1 aliphatic heterocycles. The zero-order valence-corrected chi connectivity index (χ0v) is 15.2. The minimum absolute atomic E-state index is 0.164. The summed E-state index contributed by atoms with van der Waals surface area (Å²) in [6, 6.07) is 6.42. The third-order valence-electron chi connectivity index (χ3n) is 5.61. The highest BCUT2D eigenvalue weighted by molar-refractivity contribution is 5.91. The highest BCUT2D eigenvalue weighted by Gasteiger charge is 2.17. The molecule has 0 spiro atoms. The van der Waals surface area contributed by atoms with E-state index in [1.807, 2.05) is 0 Å². The number of nitrogens with zero attached hydrogens (tertiary/aromatic N) is 2. The van der Waals surface area contributed by atoms with Crippen molar-refractivity contribution < 1.29 is 4.79 Å². The van der Waals surface area contributed by atoms with Crippen LogP contribution in [0.25, 0.3) is 0 Å². The van der Waals surface area contributed by atoms with Gasteiger partial charge in [0.15, 0.2) is 0 Å². The molecule has 0 unspecified atom stereocenters. The minimum Gasteiger partial charge on any atom is -0.369 e. The van der Waals surface area contributed by atoms with Crippen LogP contribution in [0, 0.1) is 12.8 Å². The van der Waals surface area contributed by atoms with Gasteiger partial charge in [0.05, 0.1) is 0 Å². The molecule has 1 N–H and O–H groups in total. The maximum absolute atomic E-state index is 12.2. The number of amides is 1. The first-order valence-electron chi connectivity index (χ1n) is 9.46. The van der Waals surface area contributed by atoms with Crippen LogP contribution in [-0.4, -0.2) is 44.0 Å². The Balaban J connectivity index is 1.53. The summed E-state index contributed by atoms with van der Waals surface area (Å²) in [6.45, 7) is 6.45. The number of nitrogens with one attached hydrogen (secondary N) is 1. The van der Waals surface area contributed by atoms with E-state index in [0.717, 1.165) is 49.8 Å². The highest BCUT2D eigenvalue weighted by Crippen LogP contribution is 2.29. The maximum atomic E-state index is 12.2. The zero-order chi connectivity index (χ0) is 16.9. The molecule has 0 radical (unpaired) electrons. The lowest BCUT2D eigenvalue weighted by Crippen LogP contribution is -2.44. The number of piperazine rings is 1. The fraction of sp³-hybridized carbons (Fsp3) is 0.650. The summed E-state index contributed by atoms with van der Waals surface area (Å²) < 4.78 is 0. The normalized spacial score (nSPS) is 19.7. The molecule has 0 atom stereocenters. The summed E-state index contributed by atoms with van der Waals surface area (Å²) in [4.78, 5) is 17.0. The molecule has 3 rings (SSSR count). The van der Waals surface area contributed by atoms with E-state index in [1.54, 1.807) is 0 Å². The predicted octanol–water partition coefficient (Wildman–Crippen LogP) is 3.66. The van der Waals surface area contributed by atoms with Gasteiger partial charge < -0.3 is 15.1 Å². The number of carbonyl (C=O) groups is 1. The van der Waals surface area contributed by atoms with Crippen molar-refractivity contribution in [3.05, 3.63) is 23.8 Å². The molecule has 0 bridgehead atoms. The van der Waals surface area contributed by atoms with Crippen molar-refractivity contribution in [1.29, 1.82) is 0 Å². The average molecular weight is 329 g/mol. The lowest BCUT2D eigenvalue weighted by atomic mass is 10.0. The first-order valence-corrected chi connectivity index (χ1v) is 9.46. The van der Waals surface area contributed by atoms with E-state index in [1.165, 1.54) is 31.4 Å². The predicted molar refractivity (Wildman–Crippen MR) is 101 cm³/mol. The van der Waals surface area contributed by atoms with Crippen LogP contribution in [0.4, 0.5) is 11.4 Å². The number of likely N-dealkylation sites (N-methyl/N-ethyl adjacent to an activating group) is 1. The van der Waals surface area contributed by atoms with Gasteiger partial charge in [0, 0.05) is 44.0 Å². The van der Waals surface area contributed by atoms with Crippen LogP contribution in [0.2, 0.25) is 0 Å². The highest BCUT2D eigenvalue weighted by atomic mass is 16.1. The van der Waals surface area contributed by atoms with E-state index in [2.05, 4.69) is 47.3 Å². The molecule has 132 valence electrons. The molecule has 1 saturated heterocycles. The Kier molecular flexibility index (Phi) is 5.77. The van der Waals surface area contributed by atoms with Gasteiger partial charge in [-0.15, -0.1) is 0 Å². The summed E-state index contributed by atoms with van der Waals surface area (Å²) in [6.07, 6.45) is 7.02. The Morgan fingerprint density at radius 3 is 2.54 bits per heavy atom. The number of carbonyl (C=O) groups excluding carboxylic acids is 1. The lowest BCUT2D eigenvalue weighted by molar-refractivity contribution is -0.116. The van der Waals surface area contributed by atoms with Crippen molar-refractivity contribution in [3.8, 4) is 0 Å². The van der Waals surface area contributed by atoms with Crippen LogP contribution in [0.3, 0.4) is 0 Å². The third-order valence-corrected chi connectivity index (χ3v) is 5.61. The molecule has 1 amide bonds. The SMILES string of the molecule is Cc1cc(N2CCN(C)CC2)ccc1NC(=O)CCC1CCCC1. The number of hydrogen-bond donors (Lipinski definition) is 1. The van der Waals surface area contributed by atoms with Crippen molar-refractivity contribution in [3.63, 3.8) is 0 Å². The molecule has 4 nitrogen and oxygen atoms in total. The smallest absolute Gasteiger partial charge is 0.224 e. The molecule has 4 heteroatoms. The molecular formula is C20H31N3O. The monoisotopic (exact) mass is 329 g/mol. The van der Waals surface area contributed by atoms with Crippen LogP contribution in [0.15, 0.2) is 18.2 Å². The fourth-order valence-corrected chi connectivity index (χ4v) is 3.90. The van der Waals surface area contributed by atoms with Gasteiger partial charge in [0.2, 0.25) is 5.91 Å². The summed E-state index contributed by atoms with van der Waals surface area (Å²) in [5, 5.41) is 3.11. The molecule has 0 aromatic heterocycles. The second-order valence-electron chi connectivity index (χ2n) is 7.53. The van der Waals surface area contributed by atoms with E-state index in [0.29, 0.717) is 6.42 Å². The van der Waals surface area contributed by atoms with Gasteiger partial charge in [-0.1, -0.05) is 25.7 Å². The molecule has 1 heterocycles. The third kappa shape index (κ3) is 4.50. The Morgan fingerprint density at radius 1 is 1.17 bits per heavy atom. The van der Waals surface area contributed by atoms with E-state index in [4.69, 9.17) is 0 Å². The van der Waals surface area contributed by atoms with Gasteiger partial charge >= 0.3 is 0 Å². The number of anilines is 2. The average Bonchev–Trinajstić information content (AvgIpc) is 3.09. The van der Waals surface area contributed by atoms with E-state index in [9.17, 15) is 4.79 Å². The maximum Gasteiger partial charge on any atom is 0.224 e. The second kappa shape index (κ2) is 8.02. The Morgan fingerprint density at radius 2 is 1.88 bits per heavy atom. The lowest BCUT2D eigenvalue weighted by Gasteiger charge is -2.34. The van der Waals surface area contributed by atoms with Crippen LogP contribution in [0.5, 0.6) is 0 Å². The van der Waals surface area contributed by atoms with E-state index in [-0.39, 0.29) is 5.91 Å². The Hall–Kier alpha value is -1.55. The first kappa shape index (κ1) is 17.3. The van der Waals surface area contributed by atoms with Crippen molar-refractivity contribution in [2.45, 2.75) is 45.4 Å². The molecule has 1 aliphatic carbocycles. The van der Waals surface area contributed by atoms with Gasteiger partial charge in [-0.3, -0.25) is 4.79 Å². The summed E-state index contributed by atoms with van der Waals surface area (Å²) in [5.41, 5.74) is 3.38. The molecule has 1 aromatic carbocycles. The van der Waals surface area contributed by atoms with Crippen LogP contribution < -0.4 is 10.2 Å². The molecule has 1 saturated carbocycles. The van der Waals surface area contributed by atoms with Crippen LogP contribution >= 0.6 is 0 Å². The van der Waals surface area contributed by atoms with Crippen LogP contribution in [-0.2, 0) is 4.79 Å². The van der Waals surface area contributed by atoms with Gasteiger partial charge in [-0.05, 0) is 50.1 Å². The molecule has 2 fully saturated rings. The Bertz CT molecular complexity index is 558. The number of aryl methyl sites for hydroxylation is 1. The first-order chi connectivity index (χ1) is 11.6. The Labute approximate surface area is 146 Å². The molecule has 24 heavy (non-hydrogen) atoms. The van der Waals surface area contributed by atoms with Crippen molar-refractivity contribution in [2.24, 2.45) is 5.92 Å². The minimum atomic E-state index is 0.164. The standard InChI is InChI=1S/C20H31N3O/c1-16-15-18(23-13-11-22(2)12-14-23)8-9-19(16)21-20(24)10-7-17-5-3-4-6-17/h8-9,15,17H,3-7,10-14H2,1-2H3,(H,21,24). The fourth-order valence-electron chi connectivity index (χ4n) is 3.90. The molecule has 1 aromatic rings. The topological polar surface area (TPSA) is 35.6 Å². The number of rotatable bonds is 5. The summed E-state index contributed by atoms with van der Waals surface area (Å²) in [5.74, 6) is 0.939. The van der Waals surface area contributed by atoms with Gasteiger partial charge in [0.25, 0.3) is 0 Å². The van der Waals surface area contributed by atoms with E-state index < -0.39 is 0 Å². The van der Waals surface area contributed by atoms with E-state index >= 15 is 0 Å². The largest absolute Gasteiger partial charge is 0.369 e. The van der Waals surface area contributed by atoms with Crippen molar-refractivity contribution >= 4 is 17.3 Å². The second-order valence-corrected chi connectivity index (χ2v) is 7.53. The van der Waals surface area contributed by atoms with Crippen molar-refractivity contribution in [1.82, 2.24) is 4.90 Å². The molecule has 2 aliphatic rings. The van der Waals surface area contributed by atoms with Gasteiger partial charge in [0.1, 0.15) is 0 Å². The van der Waals surface area contributed by atoms with Crippen LogP contribution in [0.1, 0.15) is 44.1 Å². The summed E-state index contributed by atoms with van der Waals surface area (Å²) in [7, 11) is 2.17. The number of benzene rings is 1. The van der Waals surface area contributed by atoms with Crippen molar-refractivity contribution in [2.75, 3.05) is 43.4 Å². The van der Waals surface area contributed by atoms with Gasteiger partial charge in [-0.25, -0.2) is 0 Å². The zero-order valence-electron chi connectivity index (χ0n) is 15.2. The molecular weight excluding hydrogens is 298 g/mol. The van der Waals surface area contributed by atoms with Gasteiger partial charge in [-0.2, -0.15) is 0 Å². The summed E-state index contributed by atoms with van der Waals surface area (Å²) >= 11 is 0. The number of hydrogen-bond acceptors (Lipinski definition) is 3.